The highest BCUT2D eigenvalue weighted by Crippen LogP contribution is 2.32. The molecular formula is C16H11Cl2NO. The predicted octanol–water partition coefficient (Wildman–Crippen LogP) is 5.07. The first-order valence-corrected chi connectivity index (χ1v) is 6.61. The van der Waals surface area contributed by atoms with Gasteiger partial charge in [0.25, 0.3) is 0 Å². The molecule has 0 saturated carbocycles. The summed E-state index contributed by atoms with van der Waals surface area (Å²) in [6.07, 6.45) is 1.74. The summed E-state index contributed by atoms with van der Waals surface area (Å²) in [5.74, 6) is 0.761. The third-order valence-corrected chi connectivity index (χ3v) is 3.41. The molecule has 0 aliphatic carbocycles. The van der Waals surface area contributed by atoms with E-state index in [1.807, 2.05) is 24.3 Å². The SMILES string of the molecule is COc1ccc(/C=C(/C#N)c2c(Cl)cccc2Cl)cc1. The van der Waals surface area contributed by atoms with E-state index in [-0.39, 0.29) is 0 Å². The Morgan fingerprint density at radius 2 is 1.70 bits per heavy atom. The highest BCUT2D eigenvalue weighted by atomic mass is 35.5. The lowest BCUT2D eigenvalue weighted by molar-refractivity contribution is 0.415. The first kappa shape index (κ1) is 14.5. The van der Waals surface area contributed by atoms with Gasteiger partial charge in [-0.3, -0.25) is 0 Å². The average molecular weight is 304 g/mol. The van der Waals surface area contributed by atoms with Crippen molar-refractivity contribution >= 4 is 34.9 Å². The Bertz CT molecular complexity index is 664. The average Bonchev–Trinajstić information content (AvgIpc) is 2.46. The number of rotatable bonds is 3. The van der Waals surface area contributed by atoms with Gasteiger partial charge >= 0.3 is 0 Å². The van der Waals surface area contributed by atoms with Gasteiger partial charge in [0.15, 0.2) is 0 Å². The number of allylic oxidation sites excluding steroid dienone is 1. The number of halogens is 2. The van der Waals surface area contributed by atoms with Crippen LogP contribution < -0.4 is 4.74 Å². The maximum atomic E-state index is 9.33. The van der Waals surface area contributed by atoms with Crippen molar-refractivity contribution in [1.82, 2.24) is 0 Å². The Hall–Kier alpha value is -1.95. The second-order valence-electron chi connectivity index (χ2n) is 4.04. The van der Waals surface area contributed by atoms with E-state index < -0.39 is 0 Å². The maximum Gasteiger partial charge on any atom is 0.118 e. The molecule has 4 heteroatoms. The van der Waals surface area contributed by atoms with Crippen molar-refractivity contribution in [3.05, 3.63) is 63.6 Å². The number of methoxy groups -OCH3 is 1. The summed E-state index contributed by atoms with van der Waals surface area (Å²) in [7, 11) is 1.61. The summed E-state index contributed by atoms with van der Waals surface area (Å²) in [5.41, 5.74) is 1.85. The monoisotopic (exact) mass is 303 g/mol. The zero-order chi connectivity index (χ0) is 14.5. The molecule has 0 atom stereocenters. The van der Waals surface area contributed by atoms with Crippen LogP contribution >= 0.6 is 23.2 Å². The molecule has 2 aromatic rings. The van der Waals surface area contributed by atoms with E-state index in [2.05, 4.69) is 6.07 Å². The van der Waals surface area contributed by atoms with E-state index in [4.69, 9.17) is 27.9 Å². The molecule has 0 aliphatic rings. The van der Waals surface area contributed by atoms with Crippen molar-refractivity contribution < 1.29 is 4.74 Å². The Morgan fingerprint density at radius 1 is 1.10 bits per heavy atom. The van der Waals surface area contributed by atoms with E-state index in [9.17, 15) is 5.26 Å². The van der Waals surface area contributed by atoms with Crippen LogP contribution in [0.5, 0.6) is 5.75 Å². The summed E-state index contributed by atoms with van der Waals surface area (Å²) in [6, 6.07) is 14.7. The summed E-state index contributed by atoms with van der Waals surface area (Å²) in [5, 5.41) is 10.2. The lowest BCUT2D eigenvalue weighted by Crippen LogP contribution is -1.86. The molecule has 0 aromatic heterocycles. The Kier molecular flexibility index (Phi) is 4.68. The lowest BCUT2D eigenvalue weighted by Gasteiger charge is -2.06. The zero-order valence-corrected chi connectivity index (χ0v) is 12.2. The third kappa shape index (κ3) is 3.14. The fourth-order valence-electron chi connectivity index (χ4n) is 1.78. The topological polar surface area (TPSA) is 33.0 Å². The van der Waals surface area contributed by atoms with E-state index in [1.54, 1.807) is 31.4 Å². The van der Waals surface area contributed by atoms with E-state index in [0.717, 1.165) is 11.3 Å². The van der Waals surface area contributed by atoms with Crippen LogP contribution in [0.25, 0.3) is 11.6 Å². The standard InChI is InChI=1S/C16H11Cl2NO/c1-20-13-7-5-11(6-8-13)9-12(10-19)16-14(17)3-2-4-15(16)18/h2-9H,1H3/b12-9-. The van der Waals surface area contributed by atoms with Crippen molar-refractivity contribution in [3.8, 4) is 11.8 Å². The molecule has 20 heavy (non-hydrogen) atoms. The second-order valence-corrected chi connectivity index (χ2v) is 4.85. The van der Waals surface area contributed by atoms with Gasteiger partial charge in [-0.15, -0.1) is 0 Å². The van der Waals surface area contributed by atoms with Crippen LogP contribution in [0.1, 0.15) is 11.1 Å². The summed E-state index contributed by atoms with van der Waals surface area (Å²) in [4.78, 5) is 0. The van der Waals surface area contributed by atoms with Crippen LogP contribution in [0.4, 0.5) is 0 Å². The molecule has 0 N–H and O–H groups in total. The van der Waals surface area contributed by atoms with E-state index >= 15 is 0 Å². The van der Waals surface area contributed by atoms with Crippen LogP contribution in [0.3, 0.4) is 0 Å². The number of benzene rings is 2. The highest BCUT2D eigenvalue weighted by Gasteiger charge is 2.10. The largest absolute Gasteiger partial charge is 0.497 e. The molecule has 0 aliphatic heterocycles. The number of nitrogens with zero attached hydrogens (tertiary/aromatic N) is 1. The normalized spacial score (nSPS) is 11.0. The first-order chi connectivity index (χ1) is 9.65. The van der Waals surface area contributed by atoms with Gasteiger partial charge in [0.1, 0.15) is 5.75 Å². The van der Waals surface area contributed by atoms with Gasteiger partial charge in [0, 0.05) is 5.56 Å². The Labute approximate surface area is 127 Å². The fourth-order valence-corrected chi connectivity index (χ4v) is 2.38. The van der Waals surface area contributed by atoms with Gasteiger partial charge < -0.3 is 4.74 Å². The number of hydrogen-bond acceptors (Lipinski definition) is 2. The molecule has 0 radical (unpaired) electrons. The maximum absolute atomic E-state index is 9.33. The van der Waals surface area contributed by atoms with Crippen LogP contribution in [-0.4, -0.2) is 7.11 Å². The van der Waals surface area contributed by atoms with Crippen molar-refractivity contribution in [3.63, 3.8) is 0 Å². The quantitative estimate of drug-likeness (QED) is 0.586. The molecule has 0 bridgehead atoms. The van der Waals surface area contributed by atoms with Crippen molar-refractivity contribution in [2.75, 3.05) is 7.11 Å². The molecule has 0 heterocycles. The summed E-state index contributed by atoms with van der Waals surface area (Å²) >= 11 is 12.2. The van der Waals surface area contributed by atoms with E-state index in [0.29, 0.717) is 21.2 Å². The van der Waals surface area contributed by atoms with Gasteiger partial charge in [0.2, 0.25) is 0 Å². The molecule has 0 fully saturated rings. The Morgan fingerprint density at radius 3 is 2.20 bits per heavy atom. The van der Waals surface area contributed by atoms with E-state index in [1.165, 1.54) is 0 Å². The molecule has 0 spiro atoms. The molecule has 0 unspecified atom stereocenters. The molecule has 2 nitrogen and oxygen atoms in total. The van der Waals surface area contributed by atoms with Crippen molar-refractivity contribution in [2.24, 2.45) is 0 Å². The first-order valence-electron chi connectivity index (χ1n) is 5.86. The Balaban J connectivity index is 2.46. The zero-order valence-electron chi connectivity index (χ0n) is 10.7. The lowest BCUT2D eigenvalue weighted by atomic mass is 10.0. The van der Waals surface area contributed by atoms with Gasteiger partial charge in [-0.25, -0.2) is 0 Å². The van der Waals surface area contributed by atoms with Crippen LogP contribution in [0, 0.1) is 11.3 Å². The fraction of sp³-hybridized carbons (Fsp3) is 0.0625. The molecular weight excluding hydrogens is 293 g/mol. The van der Waals surface area contributed by atoms with Crippen molar-refractivity contribution in [1.29, 1.82) is 5.26 Å². The smallest absolute Gasteiger partial charge is 0.118 e. The summed E-state index contributed by atoms with van der Waals surface area (Å²) < 4.78 is 5.10. The molecule has 100 valence electrons. The van der Waals surface area contributed by atoms with Crippen molar-refractivity contribution in [2.45, 2.75) is 0 Å². The molecule has 2 aromatic carbocycles. The van der Waals surface area contributed by atoms with Gasteiger partial charge in [0.05, 0.1) is 28.8 Å². The minimum absolute atomic E-state index is 0.422. The van der Waals surface area contributed by atoms with Gasteiger partial charge in [-0.05, 0) is 35.9 Å². The molecule has 0 amide bonds. The minimum Gasteiger partial charge on any atom is -0.497 e. The predicted molar refractivity (Wildman–Crippen MR) is 82.9 cm³/mol. The number of hydrogen-bond donors (Lipinski definition) is 0. The number of ether oxygens (including phenoxy) is 1. The van der Waals surface area contributed by atoms with Crippen LogP contribution in [0.15, 0.2) is 42.5 Å². The highest BCUT2D eigenvalue weighted by molar-refractivity contribution is 6.38. The van der Waals surface area contributed by atoms with Gasteiger partial charge in [-0.1, -0.05) is 41.4 Å². The van der Waals surface area contributed by atoms with Crippen LogP contribution in [-0.2, 0) is 0 Å². The summed E-state index contributed by atoms with van der Waals surface area (Å²) in [6.45, 7) is 0. The minimum atomic E-state index is 0.422. The molecule has 0 saturated heterocycles. The second kappa shape index (κ2) is 6.47. The third-order valence-electron chi connectivity index (χ3n) is 2.78. The number of nitriles is 1. The van der Waals surface area contributed by atoms with Crippen LogP contribution in [0.2, 0.25) is 10.0 Å². The molecule has 2 rings (SSSR count). The van der Waals surface area contributed by atoms with Gasteiger partial charge in [-0.2, -0.15) is 5.26 Å².